The summed E-state index contributed by atoms with van der Waals surface area (Å²) in [5.74, 6) is 0.707. The van der Waals surface area contributed by atoms with Crippen molar-refractivity contribution in [3.8, 4) is 0 Å². The van der Waals surface area contributed by atoms with Crippen molar-refractivity contribution in [2.45, 2.75) is 31.1 Å². The zero-order valence-electron chi connectivity index (χ0n) is 10.8. The van der Waals surface area contributed by atoms with Gasteiger partial charge in [0.05, 0.1) is 5.02 Å². The molecule has 0 bridgehead atoms. The molecule has 0 saturated carbocycles. The molecule has 0 spiro atoms. The van der Waals surface area contributed by atoms with Gasteiger partial charge >= 0.3 is 0 Å². The minimum atomic E-state index is -3.52. The van der Waals surface area contributed by atoms with E-state index in [9.17, 15) is 8.42 Å². The molecule has 1 aromatic rings. The molecule has 2 N–H and O–H groups in total. The maximum atomic E-state index is 12.5. The summed E-state index contributed by atoms with van der Waals surface area (Å²) in [5.41, 5.74) is 5.50. The molecule has 1 aliphatic rings. The summed E-state index contributed by atoms with van der Waals surface area (Å²) in [7, 11) is -3.52. The molecular formula is C12H18ClN3O2S. The Morgan fingerprint density at radius 1 is 1.42 bits per heavy atom. The Labute approximate surface area is 118 Å². The number of hydrogen-bond donors (Lipinski definition) is 1. The molecular weight excluding hydrogens is 286 g/mol. The van der Waals surface area contributed by atoms with E-state index in [2.05, 4.69) is 11.9 Å². The Bertz CT molecular complexity index is 562. The lowest BCUT2D eigenvalue weighted by atomic mass is 10.0. The number of pyridine rings is 1. The summed E-state index contributed by atoms with van der Waals surface area (Å²) in [6.45, 7) is 3.25. The van der Waals surface area contributed by atoms with Crippen molar-refractivity contribution in [1.29, 1.82) is 0 Å². The van der Waals surface area contributed by atoms with Crippen LogP contribution >= 0.6 is 11.6 Å². The van der Waals surface area contributed by atoms with Crippen molar-refractivity contribution in [3.63, 3.8) is 0 Å². The Kier molecular flexibility index (Phi) is 4.32. The lowest BCUT2D eigenvalue weighted by Crippen LogP contribution is -2.32. The van der Waals surface area contributed by atoms with Crippen LogP contribution in [0.4, 0.5) is 5.82 Å². The number of aromatic nitrogens is 1. The Balaban J connectivity index is 2.28. The molecule has 0 aliphatic carbocycles. The van der Waals surface area contributed by atoms with Crippen LogP contribution in [0, 0.1) is 5.92 Å². The first kappa shape index (κ1) is 14.6. The van der Waals surface area contributed by atoms with E-state index in [1.54, 1.807) is 0 Å². The van der Waals surface area contributed by atoms with E-state index in [1.165, 1.54) is 16.6 Å². The standard InChI is InChI=1S/C12H18ClN3O2S/c1-9-3-2-5-16(6-4-9)19(17,18)10-7-11(13)12(14)15-8-10/h7-9H,2-6H2,1H3,(H2,14,15). The van der Waals surface area contributed by atoms with Crippen LogP contribution in [-0.4, -0.2) is 30.8 Å². The molecule has 1 saturated heterocycles. The average Bonchev–Trinajstić information content (AvgIpc) is 2.57. The highest BCUT2D eigenvalue weighted by molar-refractivity contribution is 7.89. The van der Waals surface area contributed by atoms with E-state index in [0.29, 0.717) is 19.0 Å². The van der Waals surface area contributed by atoms with Gasteiger partial charge < -0.3 is 5.73 Å². The monoisotopic (exact) mass is 303 g/mol. The molecule has 7 heteroatoms. The molecule has 0 aromatic carbocycles. The average molecular weight is 304 g/mol. The minimum absolute atomic E-state index is 0.112. The highest BCUT2D eigenvalue weighted by Gasteiger charge is 2.27. The summed E-state index contributed by atoms with van der Waals surface area (Å²) in [6, 6.07) is 1.37. The van der Waals surface area contributed by atoms with Gasteiger partial charge in [-0.15, -0.1) is 0 Å². The molecule has 106 valence electrons. The largest absolute Gasteiger partial charge is 0.382 e. The molecule has 1 fully saturated rings. The maximum absolute atomic E-state index is 12.5. The molecule has 2 rings (SSSR count). The maximum Gasteiger partial charge on any atom is 0.244 e. The topological polar surface area (TPSA) is 76.3 Å². The second-order valence-corrected chi connectivity index (χ2v) is 7.32. The van der Waals surface area contributed by atoms with E-state index in [0.717, 1.165) is 19.3 Å². The number of anilines is 1. The van der Waals surface area contributed by atoms with Gasteiger partial charge in [-0.2, -0.15) is 4.31 Å². The molecule has 19 heavy (non-hydrogen) atoms. The molecule has 0 radical (unpaired) electrons. The van der Waals surface area contributed by atoms with Crippen LogP contribution in [0.2, 0.25) is 5.02 Å². The molecule has 5 nitrogen and oxygen atoms in total. The van der Waals surface area contributed by atoms with Gasteiger partial charge in [0.25, 0.3) is 0 Å². The highest BCUT2D eigenvalue weighted by atomic mass is 35.5. The molecule has 1 aliphatic heterocycles. The van der Waals surface area contributed by atoms with Gasteiger partial charge in [-0.25, -0.2) is 13.4 Å². The number of hydrogen-bond acceptors (Lipinski definition) is 4. The van der Waals surface area contributed by atoms with Crippen LogP contribution < -0.4 is 5.73 Å². The number of nitrogens with two attached hydrogens (primary N) is 1. The fourth-order valence-corrected chi connectivity index (χ4v) is 3.90. The molecule has 2 heterocycles. The predicted molar refractivity (Wildman–Crippen MR) is 75.4 cm³/mol. The lowest BCUT2D eigenvalue weighted by molar-refractivity contribution is 0.416. The predicted octanol–water partition coefficient (Wildman–Crippen LogP) is 2.13. The van der Waals surface area contributed by atoms with Gasteiger partial charge in [0, 0.05) is 19.3 Å². The summed E-state index contributed by atoms with van der Waals surface area (Å²) in [4.78, 5) is 3.93. The van der Waals surface area contributed by atoms with Gasteiger partial charge in [-0.05, 0) is 31.2 Å². The van der Waals surface area contributed by atoms with Crippen LogP contribution in [0.5, 0.6) is 0 Å². The van der Waals surface area contributed by atoms with Crippen LogP contribution in [0.3, 0.4) is 0 Å². The number of rotatable bonds is 2. The second-order valence-electron chi connectivity index (χ2n) is 4.98. The van der Waals surface area contributed by atoms with Gasteiger partial charge in [0.2, 0.25) is 10.0 Å². The van der Waals surface area contributed by atoms with E-state index in [4.69, 9.17) is 17.3 Å². The molecule has 1 unspecified atom stereocenters. The van der Waals surface area contributed by atoms with Gasteiger partial charge in [-0.1, -0.05) is 18.5 Å². The van der Waals surface area contributed by atoms with Crippen molar-refractivity contribution in [3.05, 3.63) is 17.3 Å². The van der Waals surface area contributed by atoms with Gasteiger partial charge in [0.15, 0.2) is 0 Å². The molecule has 1 aromatic heterocycles. The third-order valence-electron chi connectivity index (χ3n) is 3.46. The smallest absolute Gasteiger partial charge is 0.244 e. The number of nitrogens with zero attached hydrogens (tertiary/aromatic N) is 2. The van der Waals surface area contributed by atoms with E-state index >= 15 is 0 Å². The Morgan fingerprint density at radius 3 is 2.84 bits per heavy atom. The zero-order chi connectivity index (χ0) is 14.0. The first-order chi connectivity index (χ1) is 8.91. The normalized spacial score (nSPS) is 22.1. The Morgan fingerprint density at radius 2 is 2.16 bits per heavy atom. The number of sulfonamides is 1. The third kappa shape index (κ3) is 3.19. The molecule has 1 atom stereocenters. The summed E-state index contributed by atoms with van der Waals surface area (Å²) in [5, 5.41) is 0.171. The third-order valence-corrected chi connectivity index (χ3v) is 5.62. The van der Waals surface area contributed by atoms with Crippen molar-refractivity contribution in [2.75, 3.05) is 18.8 Å². The minimum Gasteiger partial charge on any atom is -0.382 e. The number of halogens is 1. The van der Waals surface area contributed by atoms with Crippen LogP contribution in [-0.2, 0) is 10.0 Å². The van der Waals surface area contributed by atoms with Crippen LogP contribution in [0.15, 0.2) is 17.2 Å². The van der Waals surface area contributed by atoms with Gasteiger partial charge in [-0.3, -0.25) is 0 Å². The fourth-order valence-electron chi connectivity index (χ4n) is 2.20. The quantitative estimate of drug-likeness (QED) is 0.908. The van der Waals surface area contributed by atoms with Crippen molar-refractivity contribution < 1.29 is 8.42 Å². The fraction of sp³-hybridized carbons (Fsp3) is 0.583. The zero-order valence-corrected chi connectivity index (χ0v) is 12.4. The van der Waals surface area contributed by atoms with E-state index in [-0.39, 0.29) is 15.7 Å². The highest BCUT2D eigenvalue weighted by Crippen LogP contribution is 2.25. The summed E-state index contributed by atoms with van der Waals surface area (Å²) in [6.07, 6.45) is 4.10. The van der Waals surface area contributed by atoms with Gasteiger partial charge in [0.1, 0.15) is 10.7 Å². The summed E-state index contributed by atoms with van der Waals surface area (Å²) >= 11 is 5.84. The number of nitrogen functional groups attached to an aromatic ring is 1. The van der Waals surface area contributed by atoms with Crippen molar-refractivity contribution in [2.24, 2.45) is 5.92 Å². The Hall–Kier alpha value is -0.850. The van der Waals surface area contributed by atoms with Crippen LogP contribution in [0.1, 0.15) is 26.2 Å². The first-order valence-electron chi connectivity index (χ1n) is 6.32. The SMILES string of the molecule is CC1CCCN(S(=O)(=O)c2cnc(N)c(Cl)c2)CC1. The van der Waals surface area contributed by atoms with E-state index < -0.39 is 10.0 Å². The molecule has 0 amide bonds. The van der Waals surface area contributed by atoms with E-state index in [1.807, 2.05) is 0 Å². The van der Waals surface area contributed by atoms with Crippen molar-refractivity contribution >= 4 is 27.4 Å². The van der Waals surface area contributed by atoms with Crippen molar-refractivity contribution in [1.82, 2.24) is 9.29 Å². The van der Waals surface area contributed by atoms with Crippen LogP contribution in [0.25, 0.3) is 0 Å². The first-order valence-corrected chi connectivity index (χ1v) is 8.14. The summed E-state index contributed by atoms with van der Waals surface area (Å²) < 4.78 is 26.5. The second kappa shape index (κ2) is 5.64. The lowest BCUT2D eigenvalue weighted by Gasteiger charge is -2.20.